The average Bonchev–Trinajstić information content (AvgIpc) is 3.27. The van der Waals surface area contributed by atoms with Crippen LogP contribution in [0, 0.1) is 5.92 Å². The Morgan fingerprint density at radius 1 is 1.11 bits per heavy atom. The van der Waals surface area contributed by atoms with Gasteiger partial charge in [-0.15, -0.1) is 0 Å². The zero-order chi connectivity index (χ0) is 25.3. The summed E-state index contributed by atoms with van der Waals surface area (Å²) in [5.74, 6) is 0.864. The molecule has 0 aliphatic carbocycles. The van der Waals surface area contributed by atoms with Gasteiger partial charge in [0, 0.05) is 25.5 Å². The second-order valence-corrected chi connectivity index (χ2v) is 9.34. The Morgan fingerprint density at radius 3 is 2.61 bits per heavy atom. The molecular formula is C24H28F3N7O2. The van der Waals surface area contributed by atoms with Crippen LogP contribution in [0.5, 0.6) is 0 Å². The van der Waals surface area contributed by atoms with Gasteiger partial charge in [-0.05, 0) is 50.0 Å². The van der Waals surface area contributed by atoms with E-state index in [9.17, 15) is 18.0 Å². The van der Waals surface area contributed by atoms with Crippen LogP contribution in [0.2, 0.25) is 0 Å². The van der Waals surface area contributed by atoms with Crippen molar-refractivity contribution in [2.45, 2.75) is 31.6 Å². The number of alkyl halides is 3. The predicted molar refractivity (Wildman–Crippen MR) is 126 cm³/mol. The van der Waals surface area contributed by atoms with Gasteiger partial charge in [0.25, 0.3) is 0 Å². The van der Waals surface area contributed by atoms with Gasteiger partial charge in [-0.25, -0.2) is 9.97 Å². The van der Waals surface area contributed by atoms with E-state index >= 15 is 0 Å². The van der Waals surface area contributed by atoms with Gasteiger partial charge < -0.3 is 19.9 Å². The molecule has 2 saturated heterocycles. The van der Waals surface area contributed by atoms with E-state index in [1.165, 1.54) is 12.4 Å². The average molecular weight is 504 g/mol. The molecule has 3 aromatic rings. The summed E-state index contributed by atoms with van der Waals surface area (Å²) >= 11 is 0. The quantitative estimate of drug-likeness (QED) is 0.552. The maximum Gasteiger partial charge on any atom is 0.417 e. The molecule has 5 rings (SSSR count). The van der Waals surface area contributed by atoms with Gasteiger partial charge in [-0.3, -0.25) is 14.7 Å². The summed E-state index contributed by atoms with van der Waals surface area (Å²) in [6, 6.07) is 4.08. The Hall–Kier alpha value is -3.25. The number of nitrogens with zero attached hydrogens (tertiary/aromatic N) is 6. The molecule has 12 heteroatoms. The molecule has 0 aromatic carbocycles. The summed E-state index contributed by atoms with van der Waals surface area (Å²) in [5, 5.41) is 0.877. The van der Waals surface area contributed by atoms with Crippen LogP contribution >= 0.6 is 0 Å². The molecule has 36 heavy (non-hydrogen) atoms. The number of primary amides is 1. The van der Waals surface area contributed by atoms with Gasteiger partial charge in [-0.1, -0.05) is 0 Å². The fourth-order valence-corrected chi connectivity index (χ4v) is 5.06. The predicted octanol–water partition coefficient (Wildman–Crippen LogP) is 2.62. The fraction of sp³-hybridized carbons (Fsp3) is 0.500. The number of halogens is 3. The molecule has 1 amide bonds. The SMILES string of the molecule is NC(=O)CN1CCC(Cn2ccc3c(N4CCOC[C@@H]4c4ccc(C(F)(F)F)cn4)ncnc32)CC1. The molecule has 0 radical (unpaired) electrons. The normalized spacial score (nSPS) is 20.2. The lowest BCUT2D eigenvalue weighted by atomic mass is 9.96. The van der Waals surface area contributed by atoms with E-state index in [0.717, 1.165) is 55.8 Å². The highest BCUT2D eigenvalue weighted by Crippen LogP contribution is 2.34. The van der Waals surface area contributed by atoms with E-state index in [2.05, 4.69) is 24.4 Å². The number of piperidine rings is 1. The van der Waals surface area contributed by atoms with E-state index in [-0.39, 0.29) is 11.9 Å². The minimum Gasteiger partial charge on any atom is -0.377 e. The Bertz CT molecular complexity index is 1210. The lowest BCUT2D eigenvalue weighted by Crippen LogP contribution is -2.40. The monoisotopic (exact) mass is 503 g/mol. The number of aromatic nitrogens is 4. The first-order valence-corrected chi connectivity index (χ1v) is 12.0. The molecule has 192 valence electrons. The van der Waals surface area contributed by atoms with E-state index in [1.807, 2.05) is 17.2 Å². The molecule has 0 bridgehead atoms. The van der Waals surface area contributed by atoms with Gasteiger partial charge in [-0.2, -0.15) is 13.2 Å². The third-order valence-corrected chi connectivity index (χ3v) is 6.93. The van der Waals surface area contributed by atoms with Crippen LogP contribution < -0.4 is 10.6 Å². The number of nitrogens with two attached hydrogens (primary N) is 1. The zero-order valence-corrected chi connectivity index (χ0v) is 19.7. The van der Waals surface area contributed by atoms with Gasteiger partial charge in [0.05, 0.1) is 42.4 Å². The Morgan fingerprint density at radius 2 is 1.92 bits per heavy atom. The summed E-state index contributed by atoms with van der Waals surface area (Å²) in [6.45, 7) is 4.08. The summed E-state index contributed by atoms with van der Waals surface area (Å²) in [4.78, 5) is 28.5. The van der Waals surface area contributed by atoms with Crippen LogP contribution in [-0.2, 0) is 22.3 Å². The summed E-state index contributed by atoms with van der Waals surface area (Å²) in [7, 11) is 0. The Balaban J connectivity index is 1.36. The first-order chi connectivity index (χ1) is 17.3. The standard InChI is InChI=1S/C24H28F3N7O2/c25-24(26,27)17-1-2-19(29-11-17)20-14-36-10-9-34(20)23-18-5-8-33(22(18)30-15-31-23)12-16-3-6-32(7-4-16)13-21(28)35/h1-2,5,8,11,15-16,20H,3-4,6-7,9-10,12-14H2,(H2,28,35)/t20-/m1/s1. The molecule has 2 aliphatic heterocycles. The summed E-state index contributed by atoms with van der Waals surface area (Å²) in [5.41, 5.74) is 5.84. The number of anilines is 1. The van der Waals surface area contributed by atoms with Crippen molar-refractivity contribution in [3.63, 3.8) is 0 Å². The van der Waals surface area contributed by atoms with Crippen molar-refractivity contribution in [3.05, 3.63) is 48.2 Å². The summed E-state index contributed by atoms with van der Waals surface area (Å²) in [6.07, 6.45) is 1.89. The maximum atomic E-state index is 13.0. The highest BCUT2D eigenvalue weighted by atomic mass is 19.4. The molecule has 2 N–H and O–H groups in total. The van der Waals surface area contributed by atoms with Crippen molar-refractivity contribution in [2.24, 2.45) is 11.7 Å². The number of morpholine rings is 1. The van der Waals surface area contributed by atoms with Crippen LogP contribution in [0.15, 0.2) is 36.9 Å². The number of carbonyl (C=O) groups excluding carboxylic acids is 1. The first kappa shape index (κ1) is 24.4. The highest BCUT2D eigenvalue weighted by molar-refractivity contribution is 5.88. The van der Waals surface area contributed by atoms with Crippen LogP contribution in [0.1, 0.15) is 30.1 Å². The molecular weight excluding hydrogens is 475 g/mol. The van der Waals surface area contributed by atoms with E-state index in [1.54, 1.807) is 0 Å². The largest absolute Gasteiger partial charge is 0.417 e. The van der Waals surface area contributed by atoms with Crippen molar-refractivity contribution >= 4 is 22.8 Å². The number of ether oxygens (including phenoxy) is 1. The van der Waals surface area contributed by atoms with Crippen molar-refractivity contribution in [2.75, 3.05) is 44.3 Å². The molecule has 2 aliphatic rings. The highest BCUT2D eigenvalue weighted by Gasteiger charge is 2.33. The van der Waals surface area contributed by atoms with Crippen LogP contribution in [0.4, 0.5) is 19.0 Å². The number of rotatable bonds is 6. The van der Waals surface area contributed by atoms with Crippen molar-refractivity contribution in [3.8, 4) is 0 Å². The van der Waals surface area contributed by atoms with Crippen LogP contribution in [0.3, 0.4) is 0 Å². The third-order valence-electron chi connectivity index (χ3n) is 6.93. The molecule has 0 unspecified atom stereocenters. The number of amides is 1. The third kappa shape index (κ3) is 5.14. The van der Waals surface area contributed by atoms with Crippen LogP contribution in [0.25, 0.3) is 11.0 Å². The minimum atomic E-state index is -4.44. The van der Waals surface area contributed by atoms with Gasteiger partial charge in [0.2, 0.25) is 5.91 Å². The van der Waals surface area contributed by atoms with Crippen molar-refractivity contribution in [1.29, 1.82) is 0 Å². The van der Waals surface area contributed by atoms with Crippen molar-refractivity contribution in [1.82, 2.24) is 24.4 Å². The number of fused-ring (bicyclic) bond motifs is 1. The number of hydrogen-bond acceptors (Lipinski definition) is 7. The molecule has 9 nitrogen and oxygen atoms in total. The first-order valence-electron chi connectivity index (χ1n) is 12.0. The fourth-order valence-electron chi connectivity index (χ4n) is 5.06. The zero-order valence-electron chi connectivity index (χ0n) is 19.7. The van der Waals surface area contributed by atoms with E-state index < -0.39 is 11.7 Å². The lowest BCUT2D eigenvalue weighted by Gasteiger charge is -2.36. The lowest BCUT2D eigenvalue weighted by molar-refractivity contribution is -0.137. The molecule has 1 atom stereocenters. The molecule has 2 fully saturated rings. The molecule has 5 heterocycles. The minimum absolute atomic E-state index is 0.296. The number of carbonyl (C=O) groups is 1. The molecule has 0 spiro atoms. The van der Waals surface area contributed by atoms with Crippen LogP contribution in [-0.4, -0.2) is 69.7 Å². The van der Waals surface area contributed by atoms with E-state index in [0.29, 0.717) is 43.7 Å². The smallest absolute Gasteiger partial charge is 0.377 e. The Kier molecular flexibility index (Phi) is 6.80. The topological polar surface area (TPSA) is 102 Å². The number of likely N-dealkylation sites (tertiary alicyclic amines) is 1. The Labute approximate surface area is 206 Å². The number of hydrogen-bond donors (Lipinski definition) is 1. The van der Waals surface area contributed by atoms with Gasteiger partial charge in [0.1, 0.15) is 17.8 Å². The second-order valence-electron chi connectivity index (χ2n) is 9.34. The number of pyridine rings is 1. The molecule has 3 aromatic heterocycles. The summed E-state index contributed by atoms with van der Waals surface area (Å²) < 4.78 is 46.8. The molecule has 0 saturated carbocycles. The maximum absolute atomic E-state index is 13.0. The van der Waals surface area contributed by atoms with Gasteiger partial charge in [0.15, 0.2) is 0 Å². The van der Waals surface area contributed by atoms with Crippen molar-refractivity contribution < 1.29 is 22.7 Å². The van der Waals surface area contributed by atoms with E-state index in [4.69, 9.17) is 10.5 Å². The second kappa shape index (κ2) is 10.0. The van der Waals surface area contributed by atoms with Gasteiger partial charge >= 0.3 is 6.18 Å².